The number of nitrogens with zero attached hydrogens (tertiary/aromatic N) is 1. The van der Waals surface area contributed by atoms with Crippen LogP contribution >= 0.6 is 27.5 Å². The minimum atomic E-state index is 0.399. The number of aromatic nitrogens is 2. The molecule has 0 aliphatic heterocycles. The van der Waals surface area contributed by atoms with Crippen LogP contribution in [0.4, 0.5) is 5.82 Å². The number of hydrogen-bond donors (Lipinski definition) is 2. The van der Waals surface area contributed by atoms with Crippen LogP contribution in [0.3, 0.4) is 0 Å². The fourth-order valence-corrected chi connectivity index (χ4v) is 2.63. The van der Waals surface area contributed by atoms with Crippen molar-refractivity contribution in [2.24, 2.45) is 0 Å². The zero-order valence-electron chi connectivity index (χ0n) is 9.65. The van der Waals surface area contributed by atoms with Gasteiger partial charge in [-0.3, -0.25) is 5.10 Å². The van der Waals surface area contributed by atoms with E-state index < -0.39 is 0 Å². The van der Waals surface area contributed by atoms with Crippen LogP contribution in [-0.2, 0) is 0 Å². The average molecular weight is 339 g/mol. The topological polar surface area (TPSA) is 67.8 Å². The normalized spacial score (nSPS) is 10.8. The van der Waals surface area contributed by atoms with Crippen LogP contribution < -0.4 is 5.73 Å². The molecule has 3 aromatic rings. The van der Waals surface area contributed by atoms with Crippen molar-refractivity contribution in [2.75, 3.05) is 5.73 Å². The first-order chi connectivity index (χ1) is 9.18. The summed E-state index contributed by atoms with van der Waals surface area (Å²) in [5.41, 5.74) is 9.17. The number of nitrogens with one attached hydrogen (secondary N) is 1. The predicted molar refractivity (Wildman–Crippen MR) is 78.8 cm³/mol. The Morgan fingerprint density at radius 1 is 1.21 bits per heavy atom. The Morgan fingerprint density at radius 3 is 2.68 bits per heavy atom. The summed E-state index contributed by atoms with van der Waals surface area (Å²) >= 11 is 9.58. The molecular weight excluding hydrogens is 330 g/mol. The molecular formula is C13H9BrClN3O. The van der Waals surface area contributed by atoms with Gasteiger partial charge in [-0.25, -0.2) is 0 Å². The van der Waals surface area contributed by atoms with E-state index in [1.54, 1.807) is 6.26 Å². The molecule has 4 nitrogen and oxygen atoms in total. The monoisotopic (exact) mass is 337 g/mol. The molecule has 0 atom stereocenters. The number of nitrogen functional groups attached to an aromatic ring is 1. The Balaban J connectivity index is 2.26. The molecule has 0 spiro atoms. The number of hydrogen-bond acceptors (Lipinski definition) is 3. The van der Waals surface area contributed by atoms with Gasteiger partial charge in [0.25, 0.3) is 0 Å². The molecule has 0 fully saturated rings. The molecule has 3 N–H and O–H groups in total. The molecule has 0 aliphatic carbocycles. The number of rotatable bonds is 2. The highest BCUT2D eigenvalue weighted by molar-refractivity contribution is 9.10. The molecule has 2 heterocycles. The van der Waals surface area contributed by atoms with Gasteiger partial charge in [0.1, 0.15) is 0 Å². The number of anilines is 1. The van der Waals surface area contributed by atoms with Gasteiger partial charge in [-0.2, -0.15) is 5.10 Å². The largest absolute Gasteiger partial charge is 0.457 e. The van der Waals surface area contributed by atoms with E-state index in [-0.39, 0.29) is 0 Å². The fourth-order valence-electron chi connectivity index (χ4n) is 1.96. The summed E-state index contributed by atoms with van der Waals surface area (Å²) in [5, 5.41) is 7.60. The maximum absolute atomic E-state index is 6.23. The van der Waals surface area contributed by atoms with Crippen LogP contribution in [0.25, 0.3) is 22.4 Å². The first-order valence-corrected chi connectivity index (χ1v) is 6.67. The fraction of sp³-hybridized carbons (Fsp3) is 0. The number of aromatic amines is 1. The Labute approximate surface area is 122 Å². The first-order valence-electron chi connectivity index (χ1n) is 5.50. The van der Waals surface area contributed by atoms with Crippen LogP contribution in [0.1, 0.15) is 0 Å². The lowest BCUT2D eigenvalue weighted by molar-refractivity contribution is 0.542. The number of halogens is 2. The van der Waals surface area contributed by atoms with Gasteiger partial charge >= 0.3 is 0 Å². The van der Waals surface area contributed by atoms with E-state index in [1.165, 1.54) is 0 Å². The predicted octanol–water partition coefficient (Wildman–Crippen LogP) is 4.33. The number of nitrogens with two attached hydrogens (primary N) is 1. The third-order valence-corrected chi connectivity index (χ3v) is 3.77. The van der Waals surface area contributed by atoms with Crippen molar-refractivity contribution in [2.45, 2.75) is 0 Å². The zero-order valence-corrected chi connectivity index (χ0v) is 12.0. The molecule has 0 bridgehead atoms. The Bertz CT molecular complexity index is 735. The highest BCUT2D eigenvalue weighted by atomic mass is 79.9. The van der Waals surface area contributed by atoms with Gasteiger partial charge in [-0.05, 0) is 28.1 Å². The van der Waals surface area contributed by atoms with Gasteiger partial charge in [0.05, 0.1) is 23.1 Å². The molecule has 0 saturated carbocycles. The smallest absolute Gasteiger partial charge is 0.178 e. The van der Waals surface area contributed by atoms with Crippen molar-refractivity contribution < 1.29 is 4.42 Å². The zero-order chi connectivity index (χ0) is 13.4. The van der Waals surface area contributed by atoms with E-state index >= 15 is 0 Å². The van der Waals surface area contributed by atoms with Gasteiger partial charge < -0.3 is 10.2 Å². The van der Waals surface area contributed by atoms with Gasteiger partial charge in [0, 0.05) is 10.6 Å². The van der Waals surface area contributed by atoms with Gasteiger partial charge in [0.2, 0.25) is 0 Å². The van der Waals surface area contributed by atoms with E-state index in [4.69, 9.17) is 21.8 Å². The molecule has 0 amide bonds. The standard InChI is InChI=1S/C13H9BrClN3O/c14-12-8(5-6-19-12)11-10(13(16)18-17-11)7-3-1-2-4-9(7)15/h1-6H,(H3,16,17,18). The number of benzene rings is 1. The highest BCUT2D eigenvalue weighted by Crippen LogP contribution is 2.40. The lowest BCUT2D eigenvalue weighted by Crippen LogP contribution is -1.89. The van der Waals surface area contributed by atoms with Crippen LogP contribution in [0.2, 0.25) is 5.02 Å². The maximum Gasteiger partial charge on any atom is 0.178 e. The van der Waals surface area contributed by atoms with E-state index in [2.05, 4.69) is 26.1 Å². The highest BCUT2D eigenvalue weighted by Gasteiger charge is 2.19. The summed E-state index contributed by atoms with van der Waals surface area (Å²) < 4.78 is 5.86. The molecule has 1 aromatic carbocycles. The summed E-state index contributed by atoms with van der Waals surface area (Å²) in [7, 11) is 0. The van der Waals surface area contributed by atoms with Crippen molar-refractivity contribution in [3.8, 4) is 22.4 Å². The molecule has 19 heavy (non-hydrogen) atoms. The minimum Gasteiger partial charge on any atom is -0.457 e. The van der Waals surface area contributed by atoms with Gasteiger partial charge in [-0.1, -0.05) is 29.8 Å². The van der Waals surface area contributed by atoms with E-state index in [1.807, 2.05) is 30.3 Å². The summed E-state index contributed by atoms with van der Waals surface area (Å²) in [6.45, 7) is 0. The van der Waals surface area contributed by atoms with Crippen molar-refractivity contribution in [3.05, 3.63) is 46.3 Å². The molecule has 0 radical (unpaired) electrons. The number of H-pyrrole nitrogens is 1. The van der Waals surface area contributed by atoms with Crippen LogP contribution in [-0.4, -0.2) is 10.2 Å². The molecule has 2 aromatic heterocycles. The van der Waals surface area contributed by atoms with Crippen LogP contribution in [0.5, 0.6) is 0 Å². The Morgan fingerprint density at radius 2 is 2.00 bits per heavy atom. The van der Waals surface area contributed by atoms with E-state index in [0.29, 0.717) is 15.5 Å². The number of furan rings is 1. The van der Waals surface area contributed by atoms with Crippen molar-refractivity contribution in [1.82, 2.24) is 10.2 Å². The molecule has 6 heteroatoms. The lowest BCUT2D eigenvalue weighted by Gasteiger charge is -2.05. The maximum atomic E-state index is 6.23. The lowest BCUT2D eigenvalue weighted by atomic mass is 10.0. The molecule has 0 aliphatic rings. The Hall–Kier alpha value is -1.72. The third-order valence-electron chi connectivity index (χ3n) is 2.82. The SMILES string of the molecule is Nc1n[nH]c(-c2ccoc2Br)c1-c1ccccc1Cl. The van der Waals surface area contributed by atoms with Crippen molar-refractivity contribution >= 4 is 33.3 Å². The van der Waals surface area contributed by atoms with Crippen molar-refractivity contribution in [1.29, 1.82) is 0 Å². The Kier molecular flexibility index (Phi) is 3.08. The second-order valence-electron chi connectivity index (χ2n) is 3.95. The van der Waals surface area contributed by atoms with E-state index in [9.17, 15) is 0 Å². The summed E-state index contributed by atoms with van der Waals surface area (Å²) in [4.78, 5) is 0. The third kappa shape index (κ3) is 2.05. The second-order valence-corrected chi connectivity index (χ2v) is 5.07. The second kappa shape index (κ2) is 4.75. The van der Waals surface area contributed by atoms with E-state index in [0.717, 1.165) is 22.4 Å². The van der Waals surface area contributed by atoms with Crippen LogP contribution in [0, 0.1) is 0 Å². The summed E-state index contributed by atoms with van der Waals surface area (Å²) in [6.07, 6.45) is 1.59. The first kappa shape index (κ1) is 12.3. The average Bonchev–Trinajstić information content (AvgIpc) is 2.96. The minimum absolute atomic E-state index is 0.399. The quantitative estimate of drug-likeness (QED) is 0.730. The summed E-state index contributed by atoms with van der Waals surface area (Å²) in [5.74, 6) is 0.399. The molecule has 3 rings (SSSR count). The molecule has 96 valence electrons. The molecule has 0 saturated heterocycles. The van der Waals surface area contributed by atoms with Crippen molar-refractivity contribution in [3.63, 3.8) is 0 Å². The molecule has 0 unspecified atom stereocenters. The van der Waals surface area contributed by atoms with Gasteiger partial charge in [0.15, 0.2) is 10.5 Å². The summed E-state index contributed by atoms with van der Waals surface area (Å²) in [6, 6.07) is 9.33. The van der Waals surface area contributed by atoms with Gasteiger partial charge in [-0.15, -0.1) is 0 Å². The van der Waals surface area contributed by atoms with Crippen LogP contribution in [0.15, 0.2) is 45.7 Å².